The third-order valence-electron chi connectivity index (χ3n) is 2.75. The fraction of sp³-hybridized carbons (Fsp3) is 0.818. The third-order valence-corrected chi connectivity index (χ3v) is 2.75. The van der Waals surface area contributed by atoms with Crippen LogP contribution in [0, 0.1) is 0 Å². The zero-order valence-electron chi connectivity index (χ0n) is 10.7. The van der Waals surface area contributed by atoms with E-state index in [1.165, 1.54) is 7.11 Å². The summed E-state index contributed by atoms with van der Waals surface area (Å²) in [6, 6.07) is 0. The largest absolute Gasteiger partial charge is 0.469 e. The summed E-state index contributed by atoms with van der Waals surface area (Å²) in [6.07, 6.45) is -0.123. The monoisotopic (exact) mass is 242 g/mol. The average Bonchev–Trinajstić information content (AvgIpc) is 2.56. The number of methoxy groups -OCH3 is 1. The second-order valence-electron chi connectivity index (χ2n) is 5.39. The molecule has 0 radical (unpaired) electrons. The average molecular weight is 242 g/mol. The Bertz CT molecular complexity index is 309. The Kier molecular flexibility index (Phi) is 4.19. The maximum atomic E-state index is 11.9. The van der Waals surface area contributed by atoms with Gasteiger partial charge in [-0.1, -0.05) is 0 Å². The van der Waals surface area contributed by atoms with Gasteiger partial charge >= 0.3 is 5.97 Å². The maximum Gasteiger partial charge on any atom is 0.302 e. The van der Waals surface area contributed by atoms with Crippen molar-refractivity contribution in [3.63, 3.8) is 0 Å². The number of carbonyl (C=O) groups excluding carboxylic acids is 2. The molecule has 96 valence electrons. The molecule has 0 aromatic rings. The van der Waals surface area contributed by atoms with Crippen molar-refractivity contribution in [3.05, 3.63) is 0 Å². The number of aliphatic hydroxyl groups is 1. The number of esters is 1. The highest BCUT2D eigenvalue weighted by molar-refractivity contribution is 6.92. The molecule has 0 spiro atoms. The van der Waals surface area contributed by atoms with Crippen LogP contribution in [0.3, 0.4) is 0 Å². The fourth-order valence-electron chi connectivity index (χ4n) is 2.06. The molecule has 0 aromatic heterocycles. The summed E-state index contributed by atoms with van der Waals surface area (Å²) >= 11 is 0. The maximum absolute atomic E-state index is 11.9. The zero-order chi connectivity index (χ0) is 13.2. The quantitative estimate of drug-likeness (QED) is 0.583. The molecule has 2 unspecified atom stereocenters. The van der Waals surface area contributed by atoms with Crippen LogP contribution < -0.4 is 0 Å². The van der Waals surface area contributed by atoms with Crippen LogP contribution in [0.15, 0.2) is 0 Å². The first kappa shape index (κ1) is 14.0. The Morgan fingerprint density at radius 2 is 1.94 bits per heavy atom. The number of hydrogen-bond donors (Lipinski definition) is 1. The summed E-state index contributed by atoms with van der Waals surface area (Å²) in [5.74, 6) is -1.49. The van der Waals surface area contributed by atoms with Crippen molar-refractivity contribution >= 4 is 18.6 Å². The molecule has 0 saturated carbocycles. The van der Waals surface area contributed by atoms with Gasteiger partial charge in [0.05, 0.1) is 12.9 Å². The lowest BCUT2D eigenvalue weighted by atomic mass is 9.42. The molecule has 1 N–H and O–H groups in total. The SMILES string of the molecule is COC(=O)C1CC(O)CB1C(=O)OC(C)(C)C. The lowest BCUT2D eigenvalue weighted by molar-refractivity contribution is -0.140. The molecule has 2 atom stereocenters. The number of hydrogen-bond acceptors (Lipinski definition) is 5. The minimum Gasteiger partial charge on any atom is -0.469 e. The van der Waals surface area contributed by atoms with Gasteiger partial charge in [-0.3, -0.25) is 9.59 Å². The highest BCUT2D eigenvalue weighted by Crippen LogP contribution is 2.33. The normalized spacial score (nSPS) is 24.6. The summed E-state index contributed by atoms with van der Waals surface area (Å²) < 4.78 is 9.87. The van der Waals surface area contributed by atoms with Crippen LogP contribution in [0.4, 0.5) is 4.79 Å². The Morgan fingerprint density at radius 1 is 1.35 bits per heavy atom. The van der Waals surface area contributed by atoms with Crippen LogP contribution in [-0.4, -0.2) is 42.5 Å². The van der Waals surface area contributed by atoms with Gasteiger partial charge in [0.1, 0.15) is 5.60 Å². The first-order chi connectivity index (χ1) is 7.74. The second kappa shape index (κ2) is 5.08. The van der Waals surface area contributed by atoms with Crippen molar-refractivity contribution in [1.29, 1.82) is 0 Å². The van der Waals surface area contributed by atoms with E-state index in [1.807, 2.05) is 0 Å². The van der Waals surface area contributed by atoms with Crippen molar-refractivity contribution in [2.45, 2.75) is 51.0 Å². The highest BCUT2D eigenvalue weighted by atomic mass is 16.6. The lowest BCUT2D eigenvalue weighted by Gasteiger charge is -2.22. The summed E-state index contributed by atoms with van der Waals surface area (Å²) in [5.41, 5.74) is -0.592. The van der Waals surface area contributed by atoms with E-state index in [4.69, 9.17) is 4.74 Å². The Morgan fingerprint density at radius 3 is 2.41 bits per heavy atom. The minimum absolute atomic E-state index is 0.259. The van der Waals surface area contributed by atoms with Crippen LogP contribution >= 0.6 is 0 Å². The van der Waals surface area contributed by atoms with Crippen molar-refractivity contribution in [2.75, 3.05) is 7.11 Å². The van der Waals surface area contributed by atoms with Gasteiger partial charge in [-0.15, -0.1) is 0 Å². The summed E-state index contributed by atoms with van der Waals surface area (Å²) in [7, 11) is 1.28. The van der Waals surface area contributed by atoms with Crippen LogP contribution in [0.5, 0.6) is 0 Å². The molecular formula is C11H19BO5. The van der Waals surface area contributed by atoms with Gasteiger partial charge in [-0.05, 0) is 33.5 Å². The predicted molar refractivity (Wildman–Crippen MR) is 63.2 cm³/mol. The summed E-state index contributed by atoms with van der Waals surface area (Å²) in [4.78, 5) is 23.4. The van der Waals surface area contributed by atoms with E-state index in [2.05, 4.69) is 4.74 Å². The number of carbonyl (C=O) groups is 2. The van der Waals surface area contributed by atoms with E-state index in [0.29, 0.717) is 0 Å². The van der Waals surface area contributed by atoms with Crippen molar-refractivity contribution in [3.8, 4) is 0 Å². The molecule has 1 heterocycles. The number of aliphatic hydroxyl groups excluding tert-OH is 1. The topological polar surface area (TPSA) is 72.8 Å². The fourth-order valence-corrected chi connectivity index (χ4v) is 2.06. The van der Waals surface area contributed by atoms with Gasteiger partial charge in [0.15, 0.2) is 0 Å². The van der Waals surface area contributed by atoms with E-state index in [1.54, 1.807) is 20.8 Å². The van der Waals surface area contributed by atoms with Crippen LogP contribution in [-0.2, 0) is 14.3 Å². The molecular weight excluding hydrogens is 223 g/mol. The smallest absolute Gasteiger partial charge is 0.302 e. The van der Waals surface area contributed by atoms with Crippen molar-refractivity contribution in [1.82, 2.24) is 0 Å². The molecule has 1 aliphatic heterocycles. The molecule has 17 heavy (non-hydrogen) atoms. The summed E-state index contributed by atoms with van der Waals surface area (Å²) in [6.45, 7) is 4.70. The van der Waals surface area contributed by atoms with E-state index >= 15 is 0 Å². The Balaban J connectivity index is 2.73. The van der Waals surface area contributed by atoms with Gasteiger partial charge in [-0.2, -0.15) is 0 Å². The Hall–Kier alpha value is -1.04. The minimum atomic E-state index is -0.642. The lowest BCUT2D eigenvalue weighted by Crippen LogP contribution is -2.37. The molecule has 0 aromatic carbocycles. The van der Waals surface area contributed by atoms with Crippen LogP contribution in [0.2, 0.25) is 12.1 Å². The van der Waals surface area contributed by atoms with Crippen molar-refractivity contribution < 1.29 is 24.2 Å². The Labute approximate surface area is 102 Å². The molecule has 1 saturated heterocycles. The van der Waals surface area contributed by atoms with Crippen LogP contribution in [0.1, 0.15) is 27.2 Å². The van der Waals surface area contributed by atoms with Gasteiger partial charge in [0.25, 0.3) is 12.6 Å². The number of rotatable bonds is 2. The van der Waals surface area contributed by atoms with Gasteiger partial charge in [0.2, 0.25) is 0 Å². The van der Waals surface area contributed by atoms with E-state index in [-0.39, 0.29) is 12.7 Å². The molecule has 1 rings (SSSR count). The second-order valence-corrected chi connectivity index (χ2v) is 5.39. The molecule has 0 bridgehead atoms. The molecule has 1 fully saturated rings. The first-order valence-electron chi connectivity index (χ1n) is 5.73. The first-order valence-corrected chi connectivity index (χ1v) is 5.73. The van der Waals surface area contributed by atoms with Gasteiger partial charge < -0.3 is 14.6 Å². The van der Waals surface area contributed by atoms with Crippen LogP contribution in [0.25, 0.3) is 0 Å². The molecule has 1 aliphatic rings. The van der Waals surface area contributed by atoms with E-state index in [0.717, 1.165) is 0 Å². The predicted octanol–water partition coefficient (Wildman–Crippen LogP) is 1.31. The zero-order valence-corrected chi connectivity index (χ0v) is 10.7. The van der Waals surface area contributed by atoms with E-state index in [9.17, 15) is 14.7 Å². The summed E-state index contributed by atoms with van der Waals surface area (Å²) in [5, 5.41) is 9.55. The molecule has 0 amide bonds. The standard InChI is InChI=1S/C11H19BO5/c1-11(2,3)17-10(15)12-6-7(13)5-8(12)9(14)16-4/h7-8,13H,5-6H2,1-4H3. The van der Waals surface area contributed by atoms with E-state index < -0.39 is 36.1 Å². The highest BCUT2D eigenvalue weighted by Gasteiger charge is 2.48. The molecule has 0 aliphatic carbocycles. The van der Waals surface area contributed by atoms with Gasteiger partial charge in [-0.25, -0.2) is 0 Å². The van der Waals surface area contributed by atoms with Gasteiger partial charge in [0, 0.05) is 6.10 Å². The number of ether oxygens (including phenoxy) is 2. The third kappa shape index (κ3) is 3.73. The molecule has 6 heteroatoms. The van der Waals surface area contributed by atoms with Crippen molar-refractivity contribution in [2.24, 2.45) is 0 Å². The molecule has 5 nitrogen and oxygen atoms in total.